The molecule has 76 valence electrons. The van der Waals surface area contributed by atoms with Crippen LogP contribution in [0.4, 0.5) is 0 Å². The van der Waals surface area contributed by atoms with Gasteiger partial charge < -0.3 is 11.1 Å². The van der Waals surface area contributed by atoms with E-state index in [1.54, 1.807) is 0 Å². The van der Waals surface area contributed by atoms with Crippen LogP contribution in [0.25, 0.3) is 0 Å². The van der Waals surface area contributed by atoms with Gasteiger partial charge in [-0.05, 0) is 18.9 Å². The molecule has 2 heteroatoms. The number of nitrogens with two attached hydrogens (primary N) is 1. The maximum atomic E-state index is 7.15. The molecule has 14 heavy (non-hydrogen) atoms. The molecule has 0 amide bonds. The van der Waals surface area contributed by atoms with Gasteiger partial charge in [0.05, 0.1) is 0 Å². The van der Waals surface area contributed by atoms with Crippen molar-refractivity contribution in [3.8, 4) is 0 Å². The van der Waals surface area contributed by atoms with Gasteiger partial charge in [0.1, 0.15) is 0 Å². The molecule has 2 nitrogen and oxygen atoms in total. The minimum atomic E-state index is 0.715. The second-order valence-electron chi connectivity index (χ2n) is 2.86. The van der Waals surface area contributed by atoms with Crippen LogP contribution in [0.2, 0.25) is 0 Å². The van der Waals surface area contributed by atoms with Crippen molar-refractivity contribution in [3.63, 3.8) is 0 Å². The molecule has 0 aliphatic carbocycles. The highest BCUT2D eigenvalue weighted by molar-refractivity contribution is 5.83. The van der Waals surface area contributed by atoms with E-state index in [-0.39, 0.29) is 0 Å². The summed E-state index contributed by atoms with van der Waals surface area (Å²) < 4.78 is 0. The van der Waals surface area contributed by atoms with Crippen LogP contribution in [0.15, 0.2) is 47.7 Å². The minimum Gasteiger partial charge on any atom is -0.404 e. The van der Waals surface area contributed by atoms with E-state index in [1.807, 2.05) is 25.2 Å². The highest BCUT2D eigenvalue weighted by Crippen LogP contribution is 2.10. The lowest BCUT2D eigenvalue weighted by atomic mass is 10.1. The topological polar surface area (TPSA) is 49.9 Å². The van der Waals surface area contributed by atoms with Crippen LogP contribution in [0.5, 0.6) is 0 Å². The molecule has 0 aliphatic rings. The average molecular weight is 190 g/mol. The van der Waals surface area contributed by atoms with Gasteiger partial charge in [0.15, 0.2) is 0 Å². The van der Waals surface area contributed by atoms with Crippen molar-refractivity contribution >= 4 is 6.21 Å². The fourth-order valence-electron chi connectivity index (χ4n) is 0.912. The van der Waals surface area contributed by atoms with Crippen LogP contribution < -0.4 is 5.73 Å². The van der Waals surface area contributed by atoms with Gasteiger partial charge in [0, 0.05) is 18.0 Å². The Morgan fingerprint density at radius 1 is 1.36 bits per heavy atom. The summed E-state index contributed by atoms with van der Waals surface area (Å²) in [6.45, 7) is 7.84. The summed E-state index contributed by atoms with van der Waals surface area (Å²) in [6, 6.07) is 0. The summed E-state index contributed by atoms with van der Waals surface area (Å²) >= 11 is 0. The molecular weight excluding hydrogens is 172 g/mol. The van der Waals surface area contributed by atoms with Gasteiger partial charge in [-0.2, -0.15) is 0 Å². The lowest BCUT2D eigenvalue weighted by Gasteiger charge is -2.00. The molecule has 0 atom stereocenters. The number of hydrogen-bond donors (Lipinski definition) is 2. The average Bonchev–Trinajstić information content (AvgIpc) is 2.23. The first-order chi connectivity index (χ1) is 6.69. The zero-order valence-corrected chi connectivity index (χ0v) is 8.88. The van der Waals surface area contributed by atoms with E-state index < -0.39 is 0 Å². The quantitative estimate of drug-likeness (QED) is 0.508. The maximum absolute atomic E-state index is 7.15. The van der Waals surface area contributed by atoms with E-state index in [0.717, 1.165) is 17.6 Å². The predicted molar refractivity (Wildman–Crippen MR) is 63.4 cm³/mol. The first kappa shape index (κ1) is 12.4. The van der Waals surface area contributed by atoms with Gasteiger partial charge in [-0.25, -0.2) is 0 Å². The predicted octanol–water partition coefficient (Wildman–Crippen LogP) is 2.95. The molecule has 0 unspecified atom stereocenters. The van der Waals surface area contributed by atoms with Crippen molar-refractivity contribution in [1.82, 2.24) is 0 Å². The third kappa shape index (κ3) is 3.90. The number of allylic oxidation sites excluding steroid dienone is 6. The zero-order valence-electron chi connectivity index (χ0n) is 8.88. The Morgan fingerprint density at radius 3 is 2.36 bits per heavy atom. The van der Waals surface area contributed by atoms with E-state index in [9.17, 15) is 0 Å². The monoisotopic (exact) mass is 190 g/mol. The van der Waals surface area contributed by atoms with E-state index in [4.69, 9.17) is 11.1 Å². The molecular formula is C12H18N2. The van der Waals surface area contributed by atoms with Crippen LogP contribution in [0, 0.1) is 5.41 Å². The van der Waals surface area contributed by atoms with Crippen LogP contribution in [0.1, 0.15) is 20.3 Å². The first-order valence-corrected chi connectivity index (χ1v) is 4.64. The van der Waals surface area contributed by atoms with E-state index in [1.165, 1.54) is 12.4 Å². The van der Waals surface area contributed by atoms with Crippen molar-refractivity contribution < 1.29 is 0 Å². The van der Waals surface area contributed by atoms with Crippen molar-refractivity contribution in [2.45, 2.75) is 20.3 Å². The molecule has 0 bridgehead atoms. The molecule has 0 saturated carbocycles. The Kier molecular flexibility index (Phi) is 6.12. The lowest BCUT2D eigenvalue weighted by molar-refractivity contribution is 1.16. The van der Waals surface area contributed by atoms with Crippen LogP contribution >= 0.6 is 0 Å². The van der Waals surface area contributed by atoms with Gasteiger partial charge in [-0.15, -0.1) is 0 Å². The Labute approximate surface area is 86.0 Å². The summed E-state index contributed by atoms with van der Waals surface area (Å²) in [5.41, 5.74) is 8.11. The summed E-state index contributed by atoms with van der Waals surface area (Å²) in [4.78, 5) is 0. The molecule has 0 heterocycles. The maximum Gasteiger partial charge on any atom is 0.0270 e. The molecule has 0 aromatic carbocycles. The molecule has 0 radical (unpaired) electrons. The number of nitrogens with one attached hydrogen (secondary N) is 1. The zero-order chi connectivity index (χ0) is 11.0. The van der Waals surface area contributed by atoms with Gasteiger partial charge >= 0.3 is 0 Å². The van der Waals surface area contributed by atoms with Gasteiger partial charge in [-0.3, -0.25) is 0 Å². The lowest BCUT2D eigenvalue weighted by Crippen LogP contribution is -1.92. The Morgan fingerprint density at radius 2 is 2.00 bits per heavy atom. The third-order valence-electron chi connectivity index (χ3n) is 1.93. The molecule has 3 N–H and O–H groups in total. The van der Waals surface area contributed by atoms with Crippen LogP contribution in [-0.2, 0) is 0 Å². The summed E-state index contributed by atoms with van der Waals surface area (Å²) in [7, 11) is 0. The Hall–Kier alpha value is -1.57. The summed E-state index contributed by atoms with van der Waals surface area (Å²) in [5, 5.41) is 7.15. The normalized spacial score (nSPS) is 13.3. The van der Waals surface area contributed by atoms with E-state index >= 15 is 0 Å². The molecule has 0 aromatic rings. The first-order valence-electron chi connectivity index (χ1n) is 4.64. The molecule has 0 saturated heterocycles. The highest BCUT2D eigenvalue weighted by Gasteiger charge is 1.95. The second-order valence-corrected chi connectivity index (χ2v) is 2.86. The van der Waals surface area contributed by atoms with Gasteiger partial charge in [0.2, 0.25) is 0 Å². The van der Waals surface area contributed by atoms with Crippen molar-refractivity contribution in [2.75, 3.05) is 0 Å². The highest BCUT2D eigenvalue weighted by atomic mass is 14.5. The number of hydrogen-bond acceptors (Lipinski definition) is 2. The Balaban J connectivity index is 4.70. The van der Waals surface area contributed by atoms with Gasteiger partial charge in [-0.1, -0.05) is 37.3 Å². The van der Waals surface area contributed by atoms with Gasteiger partial charge in [0.25, 0.3) is 0 Å². The van der Waals surface area contributed by atoms with Crippen LogP contribution in [-0.4, -0.2) is 6.21 Å². The largest absolute Gasteiger partial charge is 0.404 e. The van der Waals surface area contributed by atoms with Crippen molar-refractivity contribution in [1.29, 1.82) is 5.41 Å². The molecule has 0 rings (SSSR count). The fourth-order valence-corrected chi connectivity index (χ4v) is 0.912. The summed E-state index contributed by atoms with van der Waals surface area (Å²) in [5.74, 6) is 0. The van der Waals surface area contributed by atoms with Crippen molar-refractivity contribution in [2.24, 2.45) is 5.73 Å². The fraction of sp³-hybridized carbons (Fsp3) is 0.250. The van der Waals surface area contributed by atoms with Crippen molar-refractivity contribution in [3.05, 3.63) is 47.7 Å². The molecule has 0 aromatic heterocycles. The Bertz CT molecular complexity index is 293. The SMILES string of the molecule is C=C(\C=C/C(=C\C)C(/C=N)=C/N)CC. The minimum absolute atomic E-state index is 0.715. The summed E-state index contributed by atoms with van der Waals surface area (Å²) in [6.07, 6.45) is 9.40. The van der Waals surface area contributed by atoms with E-state index in [2.05, 4.69) is 13.5 Å². The van der Waals surface area contributed by atoms with E-state index in [0.29, 0.717) is 5.57 Å². The number of rotatable bonds is 5. The van der Waals surface area contributed by atoms with Crippen LogP contribution in [0.3, 0.4) is 0 Å². The third-order valence-corrected chi connectivity index (χ3v) is 1.93. The molecule has 0 aliphatic heterocycles. The standard InChI is InChI=1S/C12H18N2/c1-4-10(3)6-7-11(5-2)12(8-13)9-14/h5-9,13H,3-4,14H2,1-2H3/b7-6-,11-5+,12-9+,13-8?. The second kappa shape index (κ2) is 6.89. The molecule has 0 fully saturated rings. The molecule has 0 spiro atoms. The smallest absolute Gasteiger partial charge is 0.0270 e.